The lowest BCUT2D eigenvalue weighted by molar-refractivity contribution is 0.619. The van der Waals surface area contributed by atoms with E-state index < -0.39 is 0 Å². The van der Waals surface area contributed by atoms with Crippen LogP contribution in [0.1, 0.15) is 16.7 Å². The van der Waals surface area contributed by atoms with Crippen molar-refractivity contribution in [1.29, 1.82) is 0 Å². The molecule has 17 heavy (non-hydrogen) atoms. The third kappa shape index (κ3) is 2.58. The van der Waals surface area contributed by atoms with E-state index in [1.165, 1.54) is 17.2 Å². The van der Waals surface area contributed by atoms with E-state index in [9.17, 15) is 4.39 Å². The number of nitrogens with one attached hydrogen (secondary N) is 1. The van der Waals surface area contributed by atoms with E-state index >= 15 is 0 Å². The number of thiophene rings is 1. The van der Waals surface area contributed by atoms with Gasteiger partial charge in [0.2, 0.25) is 0 Å². The lowest BCUT2D eigenvalue weighted by Crippen LogP contribution is -2.03. The van der Waals surface area contributed by atoms with Crippen LogP contribution in [0.4, 0.5) is 15.8 Å². The summed E-state index contributed by atoms with van der Waals surface area (Å²) in [4.78, 5) is 0. The molecule has 0 aliphatic carbocycles. The molecule has 0 saturated heterocycles. The molecule has 1 aromatic carbocycles. The van der Waals surface area contributed by atoms with Crippen molar-refractivity contribution in [2.24, 2.45) is 0 Å². The van der Waals surface area contributed by atoms with Gasteiger partial charge >= 0.3 is 0 Å². The minimum Gasteiger partial charge on any atom is -0.397 e. The quantitative estimate of drug-likeness (QED) is 0.815. The van der Waals surface area contributed by atoms with Crippen LogP contribution in [0, 0.1) is 19.7 Å². The highest BCUT2D eigenvalue weighted by Gasteiger charge is 2.05. The molecule has 0 saturated carbocycles. The van der Waals surface area contributed by atoms with Gasteiger partial charge in [-0.05, 0) is 53.4 Å². The number of aryl methyl sites for hydroxylation is 2. The molecule has 2 nitrogen and oxygen atoms in total. The van der Waals surface area contributed by atoms with Gasteiger partial charge < -0.3 is 11.1 Å². The smallest absolute Gasteiger partial charge is 0.128 e. The third-order valence-electron chi connectivity index (χ3n) is 2.76. The first-order valence-electron chi connectivity index (χ1n) is 5.39. The molecule has 0 amide bonds. The predicted octanol–water partition coefficient (Wildman–Crippen LogP) is 3.70. The fourth-order valence-electron chi connectivity index (χ4n) is 1.61. The van der Waals surface area contributed by atoms with Crippen LogP contribution >= 0.6 is 11.3 Å². The first kappa shape index (κ1) is 11.9. The van der Waals surface area contributed by atoms with E-state index in [-0.39, 0.29) is 5.82 Å². The number of anilines is 2. The second kappa shape index (κ2) is 4.75. The van der Waals surface area contributed by atoms with Crippen LogP contribution in [0.2, 0.25) is 0 Å². The molecule has 1 heterocycles. The zero-order valence-corrected chi connectivity index (χ0v) is 10.7. The highest BCUT2D eigenvalue weighted by molar-refractivity contribution is 7.08. The van der Waals surface area contributed by atoms with Gasteiger partial charge in [0.25, 0.3) is 0 Å². The van der Waals surface area contributed by atoms with Gasteiger partial charge in [-0.25, -0.2) is 4.39 Å². The van der Waals surface area contributed by atoms with Crippen LogP contribution in [-0.4, -0.2) is 0 Å². The lowest BCUT2D eigenvalue weighted by atomic mass is 10.1. The van der Waals surface area contributed by atoms with Crippen molar-refractivity contribution in [1.82, 2.24) is 0 Å². The number of hydrogen-bond donors (Lipinski definition) is 2. The molecular weight excluding hydrogens is 235 g/mol. The number of rotatable bonds is 3. The van der Waals surface area contributed by atoms with Crippen LogP contribution in [-0.2, 0) is 6.54 Å². The number of benzene rings is 1. The zero-order chi connectivity index (χ0) is 12.4. The van der Waals surface area contributed by atoms with E-state index in [1.54, 1.807) is 24.3 Å². The highest BCUT2D eigenvalue weighted by Crippen LogP contribution is 2.24. The fraction of sp³-hybridized carbons (Fsp3) is 0.231. The summed E-state index contributed by atoms with van der Waals surface area (Å²) in [6.07, 6.45) is 0. The topological polar surface area (TPSA) is 38.0 Å². The van der Waals surface area contributed by atoms with Gasteiger partial charge in [-0.3, -0.25) is 0 Å². The maximum absolute atomic E-state index is 13.2. The van der Waals surface area contributed by atoms with Gasteiger partial charge in [-0.1, -0.05) is 0 Å². The van der Waals surface area contributed by atoms with Crippen molar-refractivity contribution in [2.45, 2.75) is 20.4 Å². The average molecular weight is 250 g/mol. The normalized spacial score (nSPS) is 10.5. The van der Waals surface area contributed by atoms with Gasteiger partial charge in [0.1, 0.15) is 5.82 Å². The van der Waals surface area contributed by atoms with Crippen molar-refractivity contribution in [3.63, 3.8) is 0 Å². The van der Waals surface area contributed by atoms with Crippen LogP contribution in [0.15, 0.2) is 22.9 Å². The Balaban J connectivity index is 2.14. The largest absolute Gasteiger partial charge is 0.397 e. The summed E-state index contributed by atoms with van der Waals surface area (Å²) in [7, 11) is 0. The van der Waals surface area contributed by atoms with Crippen LogP contribution in [0.25, 0.3) is 0 Å². The van der Waals surface area contributed by atoms with Crippen molar-refractivity contribution in [3.8, 4) is 0 Å². The van der Waals surface area contributed by atoms with Crippen molar-refractivity contribution in [3.05, 3.63) is 45.4 Å². The second-order valence-corrected chi connectivity index (χ2v) is 4.87. The summed E-state index contributed by atoms with van der Waals surface area (Å²) in [5.41, 5.74) is 10.1. The third-order valence-corrected chi connectivity index (χ3v) is 3.67. The maximum atomic E-state index is 13.2. The van der Waals surface area contributed by atoms with Gasteiger partial charge in [0, 0.05) is 6.54 Å². The minimum atomic E-state index is -0.264. The van der Waals surface area contributed by atoms with Crippen LogP contribution in [0.3, 0.4) is 0 Å². The fourth-order valence-corrected chi connectivity index (χ4v) is 2.47. The molecule has 4 heteroatoms. The molecule has 0 spiro atoms. The Hall–Kier alpha value is -1.55. The Morgan fingerprint density at radius 1 is 1.24 bits per heavy atom. The summed E-state index contributed by atoms with van der Waals surface area (Å²) in [5, 5.41) is 7.45. The van der Waals surface area contributed by atoms with E-state index in [4.69, 9.17) is 5.73 Å². The Morgan fingerprint density at radius 3 is 2.65 bits per heavy atom. The molecule has 0 aliphatic rings. The first-order chi connectivity index (χ1) is 8.08. The van der Waals surface area contributed by atoms with Gasteiger partial charge in [0.05, 0.1) is 11.4 Å². The standard InChI is InChI=1S/C13H15FN2S/c1-8-3-13(12(15)4-11(8)14)16-5-10-7-17-6-9(10)2/h3-4,6-7,16H,5,15H2,1-2H3. The Labute approximate surface area is 104 Å². The minimum absolute atomic E-state index is 0.264. The number of hydrogen-bond acceptors (Lipinski definition) is 3. The maximum Gasteiger partial charge on any atom is 0.128 e. The van der Waals surface area contributed by atoms with Crippen molar-refractivity contribution in [2.75, 3.05) is 11.1 Å². The van der Waals surface area contributed by atoms with Crippen LogP contribution < -0.4 is 11.1 Å². The molecule has 3 N–H and O–H groups in total. The summed E-state index contributed by atoms with van der Waals surface area (Å²) in [6, 6.07) is 3.10. The summed E-state index contributed by atoms with van der Waals surface area (Å²) in [5.74, 6) is -0.264. The lowest BCUT2D eigenvalue weighted by Gasteiger charge is -2.10. The van der Waals surface area contributed by atoms with E-state index in [2.05, 4.69) is 23.0 Å². The Kier molecular flexibility index (Phi) is 3.33. The number of halogens is 1. The summed E-state index contributed by atoms with van der Waals surface area (Å²) >= 11 is 1.68. The van der Waals surface area contributed by atoms with Crippen LogP contribution in [0.5, 0.6) is 0 Å². The number of nitrogens with two attached hydrogens (primary N) is 1. The summed E-state index contributed by atoms with van der Waals surface area (Å²) < 4.78 is 13.2. The Morgan fingerprint density at radius 2 is 2.00 bits per heavy atom. The monoisotopic (exact) mass is 250 g/mol. The summed E-state index contributed by atoms with van der Waals surface area (Å²) in [6.45, 7) is 4.52. The molecule has 0 unspecified atom stereocenters. The average Bonchev–Trinajstić information content (AvgIpc) is 2.68. The molecule has 0 radical (unpaired) electrons. The van der Waals surface area contributed by atoms with Gasteiger partial charge in [-0.2, -0.15) is 11.3 Å². The zero-order valence-electron chi connectivity index (χ0n) is 9.88. The molecule has 90 valence electrons. The second-order valence-electron chi connectivity index (χ2n) is 4.12. The first-order valence-corrected chi connectivity index (χ1v) is 6.33. The van der Waals surface area contributed by atoms with E-state index in [1.807, 2.05) is 0 Å². The van der Waals surface area contributed by atoms with E-state index in [0.29, 0.717) is 17.8 Å². The van der Waals surface area contributed by atoms with Crippen molar-refractivity contribution >= 4 is 22.7 Å². The Bertz CT molecular complexity index is 534. The number of nitrogen functional groups attached to an aromatic ring is 1. The predicted molar refractivity (Wildman–Crippen MR) is 71.9 cm³/mol. The molecule has 1 aromatic heterocycles. The van der Waals surface area contributed by atoms with E-state index in [0.717, 1.165) is 5.69 Å². The highest BCUT2D eigenvalue weighted by atomic mass is 32.1. The molecular formula is C13H15FN2S. The van der Waals surface area contributed by atoms with Gasteiger partial charge in [0.15, 0.2) is 0 Å². The molecule has 2 rings (SSSR count). The SMILES string of the molecule is Cc1cc(NCc2cscc2C)c(N)cc1F. The van der Waals surface area contributed by atoms with Crippen molar-refractivity contribution < 1.29 is 4.39 Å². The molecule has 0 bridgehead atoms. The molecule has 2 aromatic rings. The molecule has 0 aliphatic heterocycles. The molecule has 0 fully saturated rings. The molecule has 0 atom stereocenters. The van der Waals surface area contributed by atoms with Gasteiger partial charge in [-0.15, -0.1) is 0 Å².